The van der Waals surface area contributed by atoms with E-state index < -0.39 is 40.5 Å². The highest BCUT2D eigenvalue weighted by atomic mass is 16.4. The van der Waals surface area contributed by atoms with Crippen LogP contribution in [0.2, 0.25) is 0 Å². The lowest BCUT2D eigenvalue weighted by Crippen LogP contribution is -2.70. The van der Waals surface area contributed by atoms with E-state index in [-0.39, 0.29) is 6.54 Å². The van der Waals surface area contributed by atoms with Gasteiger partial charge in [-0.15, -0.1) is 0 Å². The summed E-state index contributed by atoms with van der Waals surface area (Å²) in [5.74, 6) is -3.58. The van der Waals surface area contributed by atoms with Crippen LogP contribution in [0.1, 0.15) is 53.4 Å². The van der Waals surface area contributed by atoms with Gasteiger partial charge in [-0.05, 0) is 46.5 Å². The van der Waals surface area contributed by atoms with Crippen molar-refractivity contribution in [1.82, 2.24) is 0 Å². The number of aliphatic carboxylic acids is 3. The van der Waals surface area contributed by atoms with E-state index in [1.54, 1.807) is 0 Å². The number of carboxylic acids is 3. The van der Waals surface area contributed by atoms with Gasteiger partial charge in [0.15, 0.2) is 18.1 Å². The fraction of sp³-hybridized carbons (Fsp3) is 0.706. The van der Waals surface area contributed by atoms with Crippen molar-refractivity contribution in [3.8, 4) is 0 Å². The third kappa shape index (κ3) is 5.33. The van der Waals surface area contributed by atoms with Crippen molar-refractivity contribution in [1.29, 1.82) is 0 Å². The molecule has 0 bridgehead atoms. The van der Waals surface area contributed by atoms with Gasteiger partial charge < -0.3 is 15.3 Å². The van der Waals surface area contributed by atoms with Gasteiger partial charge in [-0.3, -0.25) is 4.48 Å². The van der Waals surface area contributed by atoms with Crippen molar-refractivity contribution in [3.63, 3.8) is 0 Å². The van der Waals surface area contributed by atoms with Gasteiger partial charge in [0.2, 0.25) is 0 Å². The highest BCUT2D eigenvalue weighted by Gasteiger charge is 2.52. The van der Waals surface area contributed by atoms with Gasteiger partial charge in [-0.25, -0.2) is 14.4 Å². The fourth-order valence-corrected chi connectivity index (χ4v) is 3.14. The summed E-state index contributed by atoms with van der Waals surface area (Å²) in [6, 6.07) is -3.39. The summed E-state index contributed by atoms with van der Waals surface area (Å²) in [7, 11) is 0. The zero-order valence-electron chi connectivity index (χ0n) is 14.9. The summed E-state index contributed by atoms with van der Waals surface area (Å²) in [4.78, 5) is 34.7. The van der Waals surface area contributed by atoms with Gasteiger partial charge in [-0.1, -0.05) is 19.1 Å². The van der Waals surface area contributed by atoms with Crippen molar-refractivity contribution in [2.75, 3.05) is 6.54 Å². The number of rotatable bonds is 12. The molecule has 0 aromatic carbocycles. The molecule has 138 valence electrons. The maximum atomic E-state index is 11.6. The third-order valence-corrected chi connectivity index (χ3v) is 4.80. The average Bonchev–Trinajstić information content (AvgIpc) is 2.52. The zero-order valence-corrected chi connectivity index (χ0v) is 14.9. The number of quaternary nitrogens is 1. The first-order valence-corrected chi connectivity index (χ1v) is 8.33. The van der Waals surface area contributed by atoms with E-state index in [1.165, 1.54) is 20.8 Å². The molecule has 0 radical (unpaired) electrons. The summed E-state index contributed by atoms with van der Waals surface area (Å²) < 4.78 is -0.502. The lowest BCUT2D eigenvalue weighted by molar-refractivity contribution is -0.968. The highest BCUT2D eigenvalue weighted by Crippen LogP contribution is 2.27. The second-order valence-electron chi connectivity index (χ2n) is 6.14. The van der Waals surface area contributed by atoms with E-state index in [9.17, 15) is 29.7 Å². The van der Waals surface area contributed by atoms with Gasteiger partial charge in [0, 0.05) is 0 Å². The molecule has 0 aromatic heterocycles. The topological polar surface area (TPSA) is 112 Å². The fourth-order valence-electron chi connectivity index (χ4n) is 3.14. The van der Waals surface area contributed by atoms with E-state index in [0.29, 0.717) is 6.42 Å². The third-order valence-electron chi connectivity index (χ3n) is 4.80. The lowest BCUT2D eigenvalue weighted by atomic mass is 10.0. The lowest BCUT2D eigenvalue weighted by Gasteiger charge is -2.47. The molecule has 0 rings (SSSR count). The molecule has 0 aromatic rings. The minimum absolute atomic E-state index is 0.189. The predicted molar refractivity (Wildman–Crippen MR) is 89.7 cm³/mol. The van der Waals surface area contributed by atoms with Crippen molar-refractivity contribution in [2.24, 2.45) is 0 Å². The Balaban J connectivity index is 5.57. The zero-order chi connectivity index (χ0) is 18.9. The van der Waals surface area contributed by atoms with Crippen LogP contribution in [0.25, 0.3) is 0 Å². The molecule has 0 saturated carbocycles. The molecule has 0 amide bonds. The second-order valence-corrected chi connectivity index (χ2v) is 6.14. The van der Waals surface area contributed by atoms with Gasteiger partial charge in [-0.2, -0.15) is 0 Å². The Kier molecular flexibility index (Phi) is 9.28. The quantitative estimate of drug-likeness (QED) is 0.285. The maximum absolute atomic E-state index is 11.6. The molecule has 7 heteroatoms. The molecule has 0 aliphatic heterocycles. The van der Waals surface area contributed by atoms with Crippen LogP contribution in [-0.2, 0) is 14.4 Å². The van der Waals surface area contributed by atoms with E-state index >= 15 is 0 Å². The number of hydrogen-bond acceptors (Lipinski definition) is 3. The van der Waals surface area contributed by atoms with Gasteiger partial charge in [0.25, 0.3) is 0 Å². The van der Waals surface area contributed by atoms with Crippen molar-refractivity contribution < 1.29 is 34.2 Å². The number of unbranched alkanes of at least 4 members (excludes halogenated alkanes) is 2. The van der Waals surface area contributed by atoms with E-state index in [1.807, 2.05) is 19.1 Å². The molecule has 0 aliphatic rings. The van der Waals surface area contributed by atoms with Gasteiger partial charge in [0.05, 0.1) is 6.54 Å². The number of carboxylic acid groups (broad SMARTS) is 3. The Morgan fingerprint density at radius 1 is 0.833 bits per heavy atom. The summed E-state index contributed by atoms with van der Waals surface area (Å²) in [5, 5.41) is 28.3. The molecule has 0 saturated heterocycles. The van der Waals surface area contributed by atoms with Crippen molar-refractivity contribution >= 4 is 17.9 Å². The Morgan fingerprint density at radius 2 is 1.25 bits per heavy atom. The summed E-state index contributed by atoms with van der Waals surface area (Å²) >= 11 is 0. The second kappa shape index (κ2) is 10.1. The normalized spacial score (nSPS) is 17.8. The summed E-state index contributed by atoms with van der Waals surface area (Å²) in [5.41, 5.74) is 0. The number of hydrogen-bond donors (Lipinski definition) is 3. The smallest absolute Gasteiger partial charge is 0.362 e. The number of allylic oxidation sites excluding steroid dienone is 2. The Labute approximate surface area is 143 Å². The molecule has 3 N–H and O–H groups in total. The molecule has 7 nitrogen and oxygen atoms in total. The molecule has 3 atom stereocenters. The highest BCUT2D eigenvalue weighted by molar-refractivity contribution is 5.77. The monoisotopic (exact) mass is 344 g/mol. The van der Waals surface area contributed by atoms with Crippen LogP contribution in [0.5, 0.6) is 0 Å². The first-order valence-electron chi connectivity index (χ1n) is 8.33. The van der Waals surface area contributed by atoms with Crippen LogP contribution in [0.15, 0.2) is 12.2 Å². The first-order chi connectivity index (χ1) is 11.1. The molecule has 0 aliphatic carbocycles. The number of carbonyl (C=O) groups is 3. The molecular formula is C17H30NO6+. The van der Waals surface area contributed by atoms with Crippen LogP contribution in [0.4, 0.5) is 0 Å². The van der Waals surface area contributed by atoms with E-state index in [0.717, 1.165) is 19.3 Å². The van der Waals surface area contributed by atoms with Crippen molar-refractivity contribution in [2.45, 2.75) is 71.5 Å². The average molecular weight is 344 g/mol. The number of nitrogens with zero attached hydrogens (tertiary/aromatic N) is 1. The van der Waals surface area contributed by atoms with Crippen LogP contribution in [-0.4, -0.2) is 62.4 Å². The maximum Gasteiger partial charge on any atom is 0.362 e. The van der Waals surface area contributed by atoms with Gasteiger partial charge in [0.1, 0.15) is 0 Å². The molecule has 24 heavy (non-hydrogen) atoms. The minimum Gasteiger partial charge on any atom is -0.477 e. The van der Waals surface area contributed by atoms with Gasteiger partial charge >= 0.3 is 17.9 Å². The standard InChI is InChI=1S/C17H29NO6/c1-5-6-7-8-9-10-11-18(12(2)15(19)20,13(3)16(21)22)14(4)17(23)24/h6-7,12-14H,5,8-11H2,1-4H3,(H2-,19,20,21,22,23,24)/p+1/b7-6+. The summed E-state index contributed by atoms with van der Waals surface area (Å²) in [6.07, 6.45) is 7.10. The molecule has 0 spiro atoms. The predicted octanol–water partition coefficient (Wildman–Crippen LogP) is 2.36. The van der Waals surface area contributed by atoms with Crippen molar-refractivity contribution in [3.05, 3.63) is 12.2 Å². The molecule has 3 unspecified atom stereocenters. The minimum atomic E-state index is -1.19. The van der Waals surface area contributed by atoms with Crippen LogP contribution < -0.4 is 0 Å². The van der Waals surface area contributed by atoms with Crippen LogP contribution in [0.3, 0.4) is 0 Å². The largest absolute Gasteiger partial charge is 0.477 e. The van der Waals surface area contributed by atoms with Crippen LogP contribution in [0, 0.1) is 0 Å². The van der Waals surface area contributed by atoms with Crippen LogP contribution >= 0.6 is 0 Å². The van der Waals surface area contributed by atoms with E-state index in [4.69, 9.17) is 0 Å². The first kappa shape index (κ1) is 22.1. The van der Waals surface area contributed by atoms with E-state index in [2.05, 4.69) is 0 Å². The molecule has 0 heterocycles. The Morgan fingerprint density at radius 3 is 1.58 bits per heavy atom. The SMILES string of the molecule is CC/C=C/CCCC[N+](C(C)C(=O)O)(C(C)C(=O)O)C(C)C(=O)O. The summed E-state index contributed by atoms with van der Waals surface area (Å²) in [6.45, 7) is 6.37. The Bertz CT molecular complexity index is 423. The Hall–Kier alpha value is -1.89. The molecular weight excluding hydrogens is 314 g/mol. The molecule has 0 fully saturated rings.